The molecule has 0 atom stereocenters. The second kappa shape index (κ2) is 4.00. The molecule has 84 valence electrons. The largest absolute Gasteiger partial charge is 0.508 e. The summed E-state index contributed by atoms with van der Waals surface area (Å²) in [6.45, 7) is 4.24. The van der Waals surface area contributed by atoms with Gasteiger partial charge in [0.25, 0.3) is 0 Å². The Morgan fingerprint density at radius 3 is 2.69 bits per heavy atom. The fraction of sp³-hybridized carbons (Fsp3) is 0.308. The Bertz CT molecular complexity index is 500. The summed E-state index contributed by atoms with van der Waals surface area (Å²) in [5.74, 6) is 0.662. The van der Waals surface area contributed by atoms with Crippen LogP contribution in [0, 0.1) is 0 Å². The highest BCUT2D eigenvalue weighted by Crippen LogP contribution is 2.29. The zero-order valence-corrected chi connectivity index (χ0v) is 9.81. The molecule has 0 radical (unpaired) electrons. The van der Waals surface area contributed by atoms with Crippen molar-refractivity contribution in [3.8, 4) is 16.9 Å². The molecule has 1 aromatic carbocycles. The van der Waals surface area contributed by atoms with Crippen molar-refractivity contribution < 1.29 is 5.11 Å². The van der Waals surface area contributed by atoms with Crippen LogP contribution in [0.4, 0.5) is 0 Å². The predicted octanol–water partition coefficient (Wildman–Crippen LogP) is 2.92. The third kappa shape index (κ3) is 1.94. The van der Waals surface area contributed by atoms with Gasteiger partial charge in [-0.1, -0.05) is 26.0 Å². The van der Waals surface area contributed by atoms with E-state index in [1.54, 1.807) is 12.1 Å². The minimum atomic E-state index is 0.288. The smallest absolute Gasteiger partial charge is 0.116 e. The van der Waals surface area contributed by atoms with Crippen molar-refractivity contribution >= 4 is 0 Å². The van der Waals surface area contributed by atoms with Gasteiger partial charge in [0.2, 0.25) is 0 Å². The first-order valence-electron chi connectivity index (χ1n) is 5.41. The van der Waals surface area contributed by atoms with E-state index in [4.69, 9.17) is 0 Å². The molecular formula is C13H16N2O. The molecule has 16 heavy (non-hydrogen) atoms. The second-order valence-electron chi connectivity index (χ2n) is 4.31. The number of aromatic hydroxyl groups is 1. The van der Waals surface area contributed by atoms with Crippen LogP contribution >= 0.6 is 0 Å². The minimum Gasteiger partial charge on any atom is -0.508 e. The van der Waals surface area contributed by atoms with Crippen LogP contribution in [0.2, 0.25) is 0 Å². The Labute approximate surface area is 95.3 Å². The van der Waals surface area contributed by atoms with Crippen LogP contribution in [0.5, 0.6) is 5.75 Å². The van der Waals surface area contributed by atoms with Gasteiger partial charge in [-0.05, 0) is 23.6 Å². The molecule has 0 saturated carbocycles. The number of rotatable bonds is 2. The van der Waals surface area contributed by atoms with Crippen LogP contribution in [-0.2, 0) is 7.05 Å². The standard InChI is InChI=1S/C13H16N2O/c1-9(2)13-12(8-15(3)14-13)10-5-4-6-11(16)7-10/h4-9,16H,1-3H3. The van der Waals surface area contributed by atoms with Gasteiger partial charge in [-0.3, -0.25) is 4.68 Å². The average Bonchev–Trinajstić information content (AvgIpc) is 2.60. The van der Waals surface area contributed by atoms with Gasteiger partial charge in [-0.15, -0.1) is 0 Å². The Hall–Kier alpha value is -1.77. The molecular weight excluding hydrogens is 200 g/mol. The molecule has 2 aromatic rings. The van der Waals surface area contributed by atoms with Crippen molar-refractivity contribution in [1.29, 1.82) is 0 Å². The molecule has 3 heteroatoms. The first-order chi connectivity index (χ1) is 7.58. The maximum Gasteiger partial charge on any atom is 0.116 e. The number of hydrogen-bond acceptors (Lipinski definition) is 2. The van der Waals surface area contributed by atoms with E-state index in [1.807, 2.05) is 30.1 Å². The molecule has 1 aromatic heterocycles. The fourth-order valence-corrected chi connectivity index (χ4v) is 1.83. The minimum absolute atomic E-state index is 0.288. The molecule has 0 unspecified atom stereocenters. The molecule has 2 rings (SSSR count). The van der Waals surface area contributed by atoms with Gasteiger partial charge in [0, 0.05) is 18.8 Å². The molecule has 0 saturated heterocycles. The van der Waals surface area contributed by atoms with Crippen molar-refractivity contribution in [2.45, 2.75) is 19.8 Å². The predicted molar refractivity (Wildman–Crippen MR) is 64.4 cm³/mol. The number of phenolic OH excluding ortho intramolecular Hbond substituents is 1. The zero-order chi connectivity index (χ0) is 11.7. The summed E-state index contributed by atoms with van der Waals surface area (Å²) < 4.78 is 1.81. The van der Waals surface area contributed by atoms with Gasteiger partial charge < -0.3 is 5.11 Å². The van der Waals surface area contributed by atoms with Crippen LogP contribution in [0.25, 0.3) is 11.1 Å². The monoisotopic (exact) mass is 216 g/mol. The number of aryl methyl sites for hydroxylation is 1. The number of benzene rings is 1. The van der Waals surface area contributed by atoms with Crippen LogP contribution in [-0.4, -0.2) is 14.9 Å². The van der Waals surface area contributed by atoms with E-state index >= 15 is 0 Å². The molecule has 0 spiro atoms. The maximum atomic E-state index is 9.48. The SMILES string of the molecule is CC(C)c1nn(C)cc1-c1cccc(O)c1. The van der Waals surface area contributed by atoms with Crippen LogP contribution in [0.15, 0.2) is 30.5 Å². The summed E-state index contributed by atoms with van der Waals surface area (Å²) in [4.78, 5) is 0. The Morgan fingerprint density at radius 1 is 1.31 bits per heavy atom. The highest BCUT2D eigenvalue weighted by Gasteiger charge is 2.13. The third-order valence-corrected chi connectivity index (χ3v) is 2.56. The van der Waals surface area contributed by atoms with E-state index in [1.165, 1.54) is 0 Å². The van der Waals surface area contributed by atoms with Crippen molar-refractivity contribution in [2.24, 2.45) is 7.05 Å². The molecule has 1 heterocycles. The van der Waals surface area contributed by atoms with Crippen LogP contribution in [0.1, 0.15) is 25.5 Å². The number of aromatic nitrogens is 2. The van der Waals surface area contributed by atoms with Crippen molar-refractivity contribution in [3.05, 3.63) is 36.2 Å². The molecule has 0 aliphatic heterocycles. The first-order valence-corrected chi connectivity index (χ1v) is 5.41. The molecule has 0 bridgehead atoms. The highest BCUT2D eigenvalue weighted by molar-refractivity contribution is 5.67. The number of hydrogen-bond donors (Lipinski definition) is 1. The van der Waals surface area contributed by atoms with Crippen LogP contribution in [0.3, 0.4) is 0 Å². The number of nitrogens with zero attached hydrogens (tertiary/aromatic N) is 2. The molecule has 0 aliphatic carbocycles. The molecule has 0 amide bonds. The fourth-order valence-electron chi connectivity index (χ4n) is 1.83. The summed E-state index contributed by atoms with van der Waals surface area (Å²) >= 11 is 0. The first kappa shape index (κ1) is 10.7. The van der Waals surface area contributed by atoms with E-state index in [0.29, 0.717) is 5.92 Å². The van der Waals surface area contributed by atoms with Gasteiger partial charge in [0.05, 0.1) is 5.69 Å². The van der Waals surface area contributed by atoms with Crippen LogP contribution < -0.4 is 0 Å². The van der Waals surface area contributed by atoms with E-state index in [9.17, 15) is 5.11 Å². The van der Waals surface area contributed by atoms with E-state index < -0.39 is 0 Å². The lowest BCUT2D eigenvalue weighted by atomic mass is 10.0. The molecule has 0 aliphatic rings. The van der Waals surface area contributed by atoms with Gasteiger partial charge in [-0.25, -0.2) is 0 Å². The molecule has 1 N–H and O–H groups in total. The van der Waals surface area contributed by atoms with Crippen molar-refractivity contribution in [3.63, 3.8) is 0 Å². The zero-order valence-electron chi connectivity index (χ0n) is 9.81. The van der Waals surface area contributed by atoms with Crippen molar-refractivity contribution in [1.82, 2.24) is 9.78 Å². The topological polar surface area (TPSA) is 38.0 Å². The summed E-state index contributed by atoms with van der Waals surface area (Å²) in [6, 6.07) is 7.28. The second-order valence-corrected chi connectivity index (χ2v) is 4.31. The summed E-state index contributed by atoms with van der Waals surface area (Å²) in [6.07, 6.45) is 1.99. The average molecular weight is 216 g/mol. The van der Waals surface area contributed by atoms with Gasteiger partial charge >= 0.3 is 0 Å². The quantitative estimate of drug-likeness (QED) is 0.838. The van der Waals surface area contributed by atoms with Crippen molar-refractivity contribution in [2.75, 3.05) is 0 Å². The van der Waals surface area contributed by atoms with E-state index in [2.05, 4.69) is 18.9 Å². The Balaban J connectivity index is 2.55. The maximum absolute atomic E-state index is 9.48. The lowest BCUT2D eigenvalue weighted by molar-refractivity contribution is 0.475. The molecule has 3 nitrogen and oxygen atoms in total. The Kier molecular flexibility index (Phi) is 2.69. The van der Waals surface area contributed by atoms with E-state index in [0.717, 1.165) is 16.8 Å². The normalized spacial score (nSPS) is 11.0. The summed E-state index contributed by atoms with van der Waals surface area (Å²) in [5, 5.41) is 13.9. The molecule has 0 fully saturated rings. The summed E-state index contributed by atoms with van der Waals surface area (Å²) in [7, 11) is 1.91. The van der Waals surface area contributed by atoms with E-state index in [-0.39, 0.29) is 5.75 Å². The number of phenols is 1. The summed E-state index contributed by atoms with van der Waals surface area (Å²) in [5.41, 5.74) is 3.17. The van der Waals surface area contributed by atoms with Gasteiger partial charge in [0.1, 0.15) is 5.75 Å². The lowest BCUT2D eigenvalue weighted by Gasteiger charge is -2.05. The Morgan fingerprint density at radius 2 is 2.06 bits per heavy atom. The van der Waals surface area contributed by atoms with Gasteiger partial charge in [0.15, 0.2) is 0 Å². The van der Waals surface area contributed by atoms with Gasteiger partial charge in [-0.2, -0.15) is 5.10 Å². The third-order valence-electron chi connectivity index (χ3n) is 2.56. The highest BCUT2D eigenvalue weighted by atomic mass is 16.3. The lowest BCUT2D eigenvalue weighted by Crippen LogP contribution is -1.93.